The molecule has 2 fully saturated rings. The molecule has 4 aliphatic rings. The van der Waals surface area contributed by atoms with E-state index in [1.54, 1.807) is 4.90 Å². The maximum absolute atomic E-state index is 15.4. The second-order valence-corrected chi connectivity index (χ2v) is 15.5. The minimum absolute atomic E-state index is 0.0414. The molecule has 2 aromatic rings. The highest BCUT2D eigenvalue weighted by Gasteiger charge is 2.49. The van der Waals surface area contributed by atoms with E-state index >= 15 is 4.39 Å². The summed E-state index contributed by atoms with van der Waals surface area (Å²) in [5.74, 6) is -1.04. The fraction of sp³-hybridized carbons (Fsp3) is 0.567. The van der Waals surface area contributed by atoms with Gasteiger partial charge in [-0.15, -0.1) is 0 Å². The summed E-state index contributed by atoms with van der Waals surface area (Å²) < 4.78 is 109. The lowest BCUT2D eigenvalue weighted by Gasteiger charge is -2.33. The molecule has 268 valence electrons. The standard InChI is InChI=1S/C30H34Cl2F5N7O4S/c1-49(45,46)26(39)24(32)20-12-43(6-3-5-40-20)27-16-13-47-21(22-23(30(35,36)37)17(31)8-18(38)25(22)34)9-19(16)41-28(42-27)48-14-29-4-2-7-44(29)11-15(33)10-29/h8,15,21H,2-7,9-14,38-39H2,1H3/b26-24-/t15-,21?,29+/m1/s1. The van der Waals surface area contributed by atoms with E-state index in [2.05, 4.69) is 15.0 Å². The van der Waals surface area contributed by atoms with Crippen LogP contribution in [0.25, 0.3) is 0 Å². The summed E-state index contributed by atoms with van der Waals surface area (Å²) in [6.45, 7) is 1.33. The third-order valence-corrected chi connectivity index (χ3v) is 11.2. The molecule has 0 radical (unpaired) electrons. The summed E-state index contributed by atoms with van der Waals surface area (Å²) in [6.07, 6.45) is -4.62. The SMILES string of the molecule is CS(=O)(=O)/C(N)=C(\Cl)C1=NCCCN(c2nc(OC[C@@]34CCCN3C[C@H](F)C4)nc3c2COC(c2c(F)c(N)cc(Cl)c2C(F)(F)F)C3)C1. The van der Waals surface area contributed by atoms with Crippen molar-refractivity contribution in [3.63, 3.8) is 0 Å². The Balaban J connectivity index is 1.41. The number of rotatable bonds is 7. The smallest absolute Gasteiger partial charge is 0.418 e. The minimum atomic E-state index is -5.03. The Labute approximate surface area is 289 Å². The van der Waals surface area contributed by atoms with E-state index in [9.17, 15) is 26.0 Å². The molecule has 0 bridgehead atoms. The summed E-state index contributed by atoms with van der Waals surface area (Å²) in [5.41, 5.74) is 8.93. The fourth-order valence-corrected chi connectivity index (χ4v) is 8.37. The number of sulfone groups is 1. The topological polar surface area (TPSA) is 149 Å². The largest absolute Gasteiger partial charge is 0.461 e. The van der Waals surface area contributed by atoms with Crippen LogP contribution in [0.15, 0.2) is 21.1 Å². The Hall–Kier alpha value is -2.99. The second kappa shape index (κ2) is 13.3. The van der Waals surface area contributed by atoms with E-state index in [-0.39, 0.29) is 74.0 Å². The van der Waals surface area contributed by atoms with Gasteiger partial charge >= 0.3 is 12.2 Å². The van der Waals surface area contributed by atoms with Gasteiger partial charge < -0.3 is 25.8 Å². The molecule has 4 N–H and O–H groups in total. The predicted octanol–water partition coefficient (Wildman–Crippen LogP) is 4.70. The molecule has 49 heavy (non-hydrogen) atoms. The van der Waals surface area contributed by atoms with Crippen molar-refractivity contribution in [3.05, 3.63) is 49.4 Å². The van der Waals surface area contributed by atoms with Gasteiger partial charge in [0.2, 0.25) is 0 Å². The molecule has 0 saturated carbocycles. The average molecular weight is 755 g/mol. The normalized spacial score (nSPS) is 25.4. The first-order valence-corrected chi connectivity index (χ1v) is 18.1. The highest BCUT2D eigenvalue weighted by molar-refractivity contribution is 7.94. The number of nitrogens with two attached hydrogens (primary N) is 2. The van der Waals surface area contributed by atoms with E-state index in [0.29, 0.717) is 31.0 Å². The van der Waals surface area contributed by atoms with Gasteiger partial charge in [-0.25, -0.2) is 17.2 Å². The van der Waals surface area contributed by atoms with Crippen LogP contribution in [0.2, 0.25) is 5.02 Å². The molecule has 11 nitrogen and oxygen atoms in total. The van der Waals surface area contributed by atoms with Gasteiger partial charge in [0.25, 0.3) is 0 Å². The Morgan fingerprint density at radius 3 is 2.71 bits per heavy atom. The molecule has 0 amide bonds. The number of ether oxygens (including phenoxy) is 2. The lowest BCUT2D eigenvalue weighted by atomic mass is 9.93. The van der Waals surface area contributed by atoms with Gasteiger partial charge in [0.05, 0.1) is 57.5 Å². The van der Waals surface area contributed by atoms with Gasteiger partial charge in [-0.05, 0) is 31.9 Å². The Bertz CT molecular complexity index is 1830. The van der Waals surface area contributed by atoms with Crippen molar-refractivity contribution < 1.29 is 39.8 Å². The first-order chi connectivity index (χ1) is 23.0. The van der Waals surface area contributed by atoms with Crippen molar-refractivity contribution in [1.82, 2.24) is 14.9 Å². The minimum Gasteiger partial charge on any atom is -0.461 e. The number of hydrogen-bond donors (Lipinski definition) is 2. The maximum Gasteiger partial charge on any atom is 0.418 e. The number of hydrogen-bond acceptors (Lipinski definition) is 11. The third-order valence-electron chi connectivity index (χ3n) is 9.37. The molecule has 1 aromatic carbocycles. The molecule has 5 heterocycles. The number of aliphatic imine (C=N–C) groups is 1. The lowest BCUT2D eigenvalue weighted by molar-refractivity contribution is -0.140. The van der Waals surface area contributed by atoms with E-state index in [0.717, 1.165) is 19.2 Å². The number of fused-ring (bicyclic) bond motifs is 2. The van der Waals surface area contributed by atoms with Gasteiger partial charge in [-0.2, -0.15) is 23.1 Å². The zero-order valence-electron chi connectivity index (χ0n) is 26.3. The van der Waals surface area contributed by atoms with Crippen LogP contribution < -0.4 is 21.1 Å². The van der Waals surface area contributed by atoms with Crippen LogP contribution in [0.3, 0.4) is 0 Å². The number of halogens is 7. The molecule has 1 aromatic heterocycles. The first kappa shape index (κ1) is 35.8. The van der Waals surface area contributed by atoms with Crippen molar-refractivity contribution in [1.29, 1.82) is 0 Å². The van der Waals surface area contributed by atoms with Crippen LogP contribution >= 0.6 is 23.2 Å². The van der Waals surface area contributed by atoms with Crippen molar-refractivity contribution in [2.75, 3.05) is 56.2 Å². The first-order valence-electron chi connectivity index (χ1n) is 15.5. The summed E-state index contributed by atoms with van der Waals surface area (Å²) >= 11 is 12.4. The van der Waals surface area contributed by atoms with Crippen LogP contribution in [-0.4, -0.2) is 86.3 Å². The van der Waals surface area contributed by atoms with Gasteiger partial charge in [-0.3, -0.25) is 9.89 Å². The average Bonchev–Trinajstić information content (AvgIpc) is 3.43. The van der Waals surface area contributed by atoms with E-state index < -0.39 is 66.5 Å². The van der Waals surface area contributed by atoms with E-state index in [1.807, 2.05) is 4.90 Å². The highest BCUT2D eigenvalue weighted by atomic mass is 35.5. The molecular formula is C30H34Cl2F5N7O4S. The quantitative estimate of drug-likeness (QED) is 0.301. The van der Waals surface area contributed by atoms with Crippen LogP contribution in [0.5, 0.6) is 6.01 Å². The Morgan fingerprint density at radius 1 is 1.24 bits per heavy atom. The number of alkyl halides is 4. The molecule has 19 heteroatoms. The number of nitrogen functional groups attached to an aromatic ring is 1. The Kier molecular flexibility index (Phi) is 9.71. The molecule has 0 spiro atoms. The molecular weight excluding hydrogens is 720 g/mol. The van der Waals surface area contributed by atoms with Gasteiger partial charge in [0.15, 0.2) is 15.7 Å². The number of aromatic nitrogens is 2. The van der Waals surface area contributed by atoms with Gasteiger partial charge in [-0.1, -0.05) is 23.2 Å². The zero-order chi connectivity index (χ0) is 35.5. The van der Waals surface area contributed by atoms with E-state index in [4.69, 9.17) is 44.1 Å². The second-order valence-electron chi connectivity index (χ2n) is 12.7. The maximum atomic E-state index is 15.4. The molecule has 1 unspecified atom stereocenters. The zero-order valence-corrected chi connectivity index (χ0v) is 28.6. The molecule has 0 aliphatic carbocycles. The molecule has 6 rings (SSSR count). The summed E-state index contributed by atoms with van der Waals surface area (Å²) in [7, 11) is -3.85. The third kappa shape index (κ3) is 7.01. The lowest BCUT2D eigenvalue weighted by Crippen LogP contribution is -2.43. The van der Waals surface area contributed by atoms with Gasteiger partial charge in [0.1, 0.15) is 23.6 Å². The summed E-state index contributed by atoms with van der Waals surface area (Å²) in [5, 5.41) is -1.58. The van der Waals surface area contributed by atoms with E-state index in [1.165, 1.54) is 0 Å². The number of anilines is 2. The number of nitrogens with zero attached hydrogens (tertiary/aromatic N) is 5. The van der Waals surface area contributed by atoms with Crippen molar-refractivity contribution in [2.24, 2.45) is 10.7 Å². The van der Waals surface area contributed by atoms with Crippen molar-refractivity contribution in [3.8, 4) is 6.01 Å². The number of benzene rings is 1. The molecule has 3 atom stereocenters. The fourth-order valence-electron chi connectivity index (χ4n) is 7.06. The van der Waals surface area contributed by atoms with Crippen molar-refractivity contribution in [2.45, 2.75) is 62.7 Å². The van der Waals surface area contributed by atoms with Crippen LogP contribution in [0, 0.1) is 5.82 Å². The summed E-state index contributed by atoms with van der Waals surface area (Å²) in [4.78, 5) is 17.4. The van der Waals surface area contributed by atoms with Gasteiger partial charge in [0, 0.05) is 49.9 Å². The van der Waals surface area contributed by atoms with Crippen molar-refractivity contribution >= 4 is 50.3 Å². The molecule has 4 aliphatic heterocycles. The monoisotopic (exact) mass is 753 g/mol. The van der Waals surface area contributed by atoms with Crippen LogP contribution in [0.4, 0.5) is 33.5 Å². The Morgan fingerprint density at radius 2 is 2.00 bits per heavy atom. The highest BCUT2D eigenvalue weighted by Crippen LogP contribution is 2.46. The molecule has 2 saturated heterocycles. The van der Waals surface area contributed by atoms with Crippen LogP contribution in [0.1, 0.15) is 54.2 Å². The predicted molar refractivity (Wildman–Crippen MR) is 174 cm³/mol. The van der Waals surface area contributed by atoms with Crippen LogP contribution in [-0.2, 0) is 33.8 Å². The summed E-state index contributed by atoms with van der Waals surface area (Å²) in [6, 6.07) is 0.581.